The molecule has 0 bridgehead atoms. The van der Waals surface area contributed by atoms with Gasteiger partial charge in [-0.05, 0) is 57.6 Å². The van der Waals surface area contributed by atoms with E-state index >= 15 is 0 Å². The molecule has 0 fully saturated rings. The minimum Gasteiger partial charge on any atom is -0.310 e. The molecule has 0 aliphatic rings. The number of rotatable bonds is 5. The van der Waals surface area contributed by atoms with Gasteiger partial charge in [0, 0.05) is 12.6 Å². The summed E-state index contributed by atoms with van der Waals surface area (Å²) in [7, 11) is 0. The molecule has 0 aliphatic heterocycles. The molecule has 0 saturated heterocycles. The van der Waals surface area contributed by atoms with Crippen molar-refractivity contribution in [3.8, 4) is 0 Å². The zero-order valence-electron chi connectivity index (χ0n) is 9.64. The Hall–Kier alpha value is -0.640. The van der Waals surface area contributed by atoms with E-state index in [1.54, 1.807) is 22.7 Å². The van der Waals surface area contributed by atoms with Gasteiger partial charge in [0.1, 0.15) is 0 Å². The van der Waals surface area contributed by atoms with E-state index in [4.69, 9.17) is 0 Å². The predicted molar refractivity (Wildman–Crippen MR) is 73.5 cm³/mol. The van der Waals surface area contributed by atoms with Gasteiger partial charge in [0.2, 0.25) is 0 Å². The van der Waals surface area contributed by atoms with Crippen LogP contribution in [0.1, 0.15) is 36.9 Å². The molecular formula is C13H17NS2. The molecule has 0 aromatic carbocycles. The van der Waals surface area contributed by atoms with E-state index in [-0.39, 0.29) is 0 Å². The van der Waals surface area contributed by atoms with Crippen LogP contribution in [0.4, 0.5) is 0 Å². The molecule has 16 heavy (non-hydrogen) atoms. The van der Waals surface area contributed by atoms with Crippen molar-refractivity contribution in [1.29, 1.82) is 0 Å². The third-order valence-electron chi connectivity index (χ3n) is 2.89. The first kappa shape index (κ1) is 11.8. The molecule has 2 heterocycles. The molecule has 2 aromatic heterocycles. The van der Waals surface area contributed by atoms with E-state index < -0.39 is 0 Å². The molecule has 0 spiro atoms. The van der Waals surface area contributed by atoms with Gasteiger partial charge < -0.3 is 5.32 Å². The number of thiophene rings is 2. The quantitative estimate of drug-likeness (QED) is 0.837. The molecule has 0 unspecified atom stereocenters. The number of hydrogen-bond acceptors (Lipinski definition) is 3. The van der Waals surface area contributed by atoms with Crippen LogP contribution in [0.5, 0.6) is 0 Å². The van der Waals surface area contributed by atoms with Crippen molar-refractivity contribution in [2.45, 2.75) is 25.8 Å². The highest BCUT2D eigenvalue weighted by molar-refractivity contribution is 7.08. The molecule has 3 heteroatoms. The smallest absolute Gasteiger partial charge is 0.0300 e. The first-order chi connectivity index (χ1) is 7.77. The lowest BCUT2D eigenvalue weighted by molar-refractivity contribution is 0.539. The van der Waals surface area contributed by atoms with Gasteiger partial charge in [-0.3, -0.25) is 0 Å². The minimum absolute atomic E-state index is 0.451. The van der Waals surface area contributed by atoms with Crippen LogP contribution in [0.25, 0.3) is 0 Å². The van der Waals surface area contributed by atoms with E-state index in [0.717, 1.165) is 6.54 Å². The van der Waals surface area contributed by atoms with Crippen LogP contribution in [0.3, 0.4) is 0 Å². The molecule has 86 valence electrons. The van der Waals surface area contributed by atoms with Gasteiger partial charge in [-0.25, -0.2) is 0 Å². The Balaban J connectivity index is 1.84. The summed E-state index contributed by atoms with van der Waals surface area (Å²) in [6.07, 6.45) is 0. The van der Waals surface area contributed by atoms with Crippen molar-refractivity contribution in [3.63, 3.8) is 0 Å². The maximum Gasteiger partial charge on any atom is 0.0300 e. The first-order valence-electron chi connectivity index (χ1n) is 5.55. The van der Waals surface area contributed by atoms with Crippen LogP contribution >= 0.6 is 22.7 Å². The second-order valence-corrected chi connectivity index (χ2v) is 5.70. The van der Waals surface area contributed by atoms with Gasteiger partial charge in [-0.15, -0.1) is 0 Å². The van der Waals surface area contributed by atoms with Crippen molar-refractivity contribution >= 4 is 22.7 Å². The van der Waals surface area contributed by atoms with Crippen molar-refractivity contribution < 1.29 is 0 Å². The maximum atomic E-state index is 3.58. The van der Waals surface area contributed by atoms with E-state index in [0.29, 0.717) is 12.0 Å². The van der Waals surface area contributed by atoms with Gasteiger partial charge in [0.25, 0.3) is 0 Å². The van der Waals surface area contributed by atoms with Gasteiger partial charge in [0.05, 0.1) is 0 Å². The largest absolute Gasteiger partial charge is 0.310 e. The van der Waals surface area contributed by atoms with Crippen LogP contribution in [0.15, 0.2) is 33.7 Å². The molecule has 0 amide bonds. The van der Waals surface area contributed by atoms with Crippen LogP contribution in [-0.4, -0.2) is 6.54 Å². The fraction of sp³-hybridized carbons (Fsp3) is 0.385. The maximum absolute atomic E-state index is 3.58. The zero-order chi connectivity index (χ0) is 11.4. The van der Waals surface area contributed by atoms with Gasteiger partial charge in [0.15, 0.2) is 0 Å². The Morgan fingerprint density at radius 2 is 1.69 bits per heavy atom. The molecule has 1 nitrogen and oxygen atoms in total. The molecule has 0 saturated carbocycles. The topological polar surface area (TPSA) is 12.0 Å². The standard InChI is InChI=1S/C13H17NS2/c1-10(12-3-5-15-8-12)7-14-11(2)13-4-6-16-9-13/h3-6,8-11,14H,7H2,1-2H3/t10-,11+/m0/s1. The third kappa shape index (κ3) is 2.94. The first-order valence-corrected chi connectivity index (χ1v) is 7.43. The Bertz CT molecular complexity index is 351. The lowest BCUT2D eigenvalue weighted by Gasteiger charge is -2.16. The number of nitrogens with one attached hydrogen (secondary N) is 1. The fourth-order valence-electron chi connectivity index (χ4n) is 1.67. The van der Waals surface area contributed by atoms with Crippen LogP contribution in [0.2, 0.25) is 0 Å². The number of hydrogen-bond donors (Lipinski definition) is 1. The highest BCUT2D eigenvalue weighted by atomic mass is 32.1. The lowest BCUT2D eigenvalue weighted by Crippen LogP contribution is -2.23. The van der Waals surface area contributed by atoms with Gasteiger partial charge >= 0.3 is 0 Å². The summed E-state index contributed by atoms with van der Waals surface area (Å²) >= 11 is 3.54. The lowest BCUT2D eigenvalue weighted by atomic mass is 10.0. The molecule has 2 rings (SSSR count). The molecule has 0 radical (unpaired) electrons. The van der Waals surface area contributed by atoms with E-state index in [9.17, 15) is 0 Å². The monoisotopic (exact) mass is 251 g/mol. The predicted octanol–water partition coefficient (Wildman–Crippen LogP) is 4.26. The van der Waals surface area contributed by atoms with Crippen molar-refractivity contribution in [2.24, 2.45) is 0 Å². The van der Waals surface area contributed by atoms with Gasteiger partial charge in [-0.2, -0.15) is 22.7 Å². The van der Waals surface area contributed by atoms with Crippen molar-refractivity contribution in [2.75, 3.05) is 6.54 Å². The summed E-state index contributed by atoms with van der Waals surface area (Å²) in [5.74, 6) is 0.590. The Kier molecular flexibility index (Phi) is 4.16. The van der Waals surface area contributed by atoms with Crippen LogP contribution in [-0.2, 0) is 0 Å². The summed E-state index contributed by atoms with van der Waals surface area (Å²) in [6.45, 7) is 5.53. The van der Waals surface area contributed by atoms with Gasteiger partial charge in [-0.1, -0.05) is 6.92 Å². The SMILES string of the molecule is C[C@@H](CN[C@H](C)c1ccsc1)c1ccsc1. The average Bonchev–Trinajstić information content (AvgIpc) is 2.95. The molecule has 2 atom stereocenters. The van der Waals surface area contributed by atoms with Crippen LogP contribution < -0.4 is 5.32 Å². The Morgan fingerprint density at radius 3 is 2.25 bits per heavy atom. The highest BCUT2D eigenvalue weighted by Crippen LogP contribution is 2.20. The van der Waals surface area contributed by atoms with Crippen LogP contribution in [0, 0.1) is 0 Å². The second-order valence-electron chi connectivity index (χ2n) is 4.14. The average molecular weight is 251 g/mol. The zero-order valence-corrected chi connectivity index (χ0v) is 11.3. The summed E-state index contributed by atoms with van der Waals surface area (Å²) in [6, 6.07) is 4.86. The fourth-order valence-corrected chi connectivity index (χ4v) is 3.20. The summed E-state index contributed by atoms with van der Waals surface area (Å²) in [5.41, 5.74) is 2.83. The summed E-state index contributed by atoms with van der Waals surface area (Å²) in [5, 5.41) is 12.3. The summed E-state index contributed by atoms with van der Waals surface area (Å²) < 4.78 is 0. The Morgan fingerprint density at radius 1 is 1.06 bits per heavy atom. The van der Waals surface area contributed by atoms with Crippen molar-refractivity contribution in [3.05, 3.63) is 44.8 Å². The highest BCUT2D eigenvalue weighted by Gasteiger charge is 2.09. The molecule has 1 N–H and O–H groups in total. The Labute approximate surface area is 105 Å². The van der Waals surface area contributed by atoms with Crippen molar-refractivity contribution in [1.82, 2.24) is 5.32 Å². The van der Waals surface area contributed by atoms with E-state index in [2.05, 4.69) is 52.8 Å². The third-order valence-corrected chi connectivity index (χ3v) is 4.29. The normalized spacial score (nSPS) is 14.9. The molecule has 0 aliphatic carbocycles. The molecular weight excluding hydrogens is 234 g/mol. The second kappa shape index (κ2) is 5.62. The van der Waals surface area contributed by atoms with E-state index in [1.807, 2.05) is 0 Å². The minimum atomic E-state index is 0.451. The summed E-state index contributed by atoms with van der Waals surface area (Å²) in [4.78, 5) is 0. The molecule has 2 aromatic rings. The van der Waals surface area contributed by atoms with E-state index in [1.165, 1.54) is 11.1 Å².